The number of anilines is 1. The summed E-state index contributed by atoms with van der Waals surface area (Å²) in [4.78, 5) is 4.62. The standard InChI is InChI=1S/C20H18N4O2/c1-13-10-18(22-12-20(2,25)17-8-5-9-26-17)24-16-7-4-3-6-15(16)23-19(24)14(13)11-21/h3-10,22,25H,12H2,1-2H3. The van der Waals surface area contributed by atoms with Crippen molar-refractivity contribution in [2.75, 3.05) is 11.9 Å². The number of furan rings is 1. The van der Waals surface area contributed by atoms with Crippen LogP contribution in [0.3, 0.4) is 0 Å². The molecule has 2 N–H and O–H groups in total. The first-order chi connectivity index (χ1) is 12.5. The van der Waals surface area contributed by atoms with Gasteiger partial charge in [-0.3, -0.25) is 4.40 Å². The van der Waals surface area contributed by atoms with E-state index in [1.165, 1.54) is 6.26 Å². The number of pyridine rings is 1. The monoisotopic (exact) mass is 346 g/mol. The Balaban J connectivity index is 1.84. The Morgan fingerprint density at radius 1 is 1.31 bits per heavy atom. The van der Waals surface area contributed by atoms with Crippen LogP contribution in [0.15, 0.2) is 53.1 Å². The van der Waals surface area contributed by atoms with Gasteiger partial charge in [0, 0.05) is 0 Å². The highest BCUT2D eigenvalue weighted by Crippen LogP contribution is 2.28. The second-order valence-electron chi connectivity index (χ2n) is 6.56. The number of nitrogens with zero attached hydrogens (tertiary/aromatic N) is 3. The van der Waals surface area contributed by atoms with Crippen LogP contribution in [-0.2, 0) is 5.60 Å². The second kappa shape index (κ2) is 5.90. The molecule has 3 aromatic heterocycles. The van der Waals surface area contributed by atoms with Gasteiger partial charge in [-0.05, 0) is 49.7 Å². The van der Waals surface area contributed by atoms with Crippen LogP contribution in [0, 0.1) is 18.3 Å². The number of imidazole rings is 1. The molecular weight excluding hydrogens is 328 g/mol. The van der Waals surface area contributed by atoms with E-state index >= 15 is 0 Å². The van der Waals surface area contributed by atoms with Gasteiger partial charge < -0.3 is 14.8 Å². The Hall–Kier alpha value is -3.30. The number of fused-ring (bicyclic) bond motifs is 3. The zero-order valence-corrected chi connectivity index (χ0v) is 14.5. The van der Waals surface area contributed by atoms with Gasteiger partial charge in [0.1, 0.15) is 23.2 Å². The van der Waals surface area contributed by atoms with E-state index in [9.17, 15) is 10.4 Å². The molecule has 1 atom stereocenters. The van der Waals surface area contributed by atoms with Crippen molar-refractivity contribution in [2.45, 2.75) is 19.4 Å². The number of nitriles is 1. The minimum atomic E-state index is -1.17. The first-order valence-corrected chi connectivity index (χ1v) is 8.32. The number of aliphatic hydroxyl groups is 1. The molecule has 130 valence electrons. The molecule has 1 unspecified atom stereocenters. The number of hydrogen-bond acceptors (Lipinski definition) is 5. The predicted octanol–water partition coefficient (Wildman–Crippen LogP) is 3.58. The van der Waals surface area contributed by atoms with E-state index in [0.717, 1.165) is 22.4 Å². The molecular formula is C20H18N4O2. The summed E-state index contributed by atoms with van der Waals surface area (Å²) in [5, 5.41) is 23.5. The van der Waals surface area contributed by atoms with E-state index in [1.54, 1.807) is 19.1 Å². The maximum Gasteiger partial charge on any atom is 0.157 e. The maximum absolute atomic E-state index is 10.7. The smallest absolute Gasteiger partial charge is 0.157 e. The molecule has 0 saturated carbocycles. The predicted molar refractivity (Wildman–Crippen MR) is 98.9 cm³/mol. The average molecular weight is 346 g/mol. The lowest BCUT2D eigenvalue weighted by Gasteiger charge is -2.22. The topological polar surface area (TPSA) is 86.5 Å². The van der Waals surface area contributed by atoms with Gasteiger partial charge in [-0.2, -0.15) is 5.26 Å². The summed E-state index contributed by atoms with van der Waals surface area (Å²) in [5.74, 6) is 1.25. The van der Waals surface area contributed by atoms with E-state index in [4.69, 9.17) is 4.42 Å². The zero-order valence-electron chi connectivity index (χ0n) is 14.5. The highest BCUT2D eigenvalue weighted by Gasteiger charge is 2.26. The molecule has 0 bridgehead atoms. The lowest BCUT2D eigenvalue weighted by Crippen LogP contribution is -2.30. The van der Waals surface area contributed by atoms with Crippen molar-refractivity contribution in [3.8, 4) is 6.07 Å². The lowest BCUT2D eigenvalue weighted by atomic mass is 10.0. The van der Waals surface area contributed by atoms with Crippen LogP contribution in [-0.4, -0.2) is 21.0 Å². The summed E-state index contributed by atoms with van der Waals surface area (Å²) >= 11 is 0. The van der Waals surface area contributed by atoms with Crippen LogP contribution in [0.5, 0.6) is 0 Å². The number of benzene rings is 1. The largest absolute Gasteiger partial charge is 0.466 e. The molecule has 4 aromatic rings. The molecule has 6 nitrogen and oxygen atoms in total. The Morgan fingerprint density at radius 3 is 2.85 bits per heavy atom. The molecule has 0 amide bonds. The van der Waals surface area contributed by atoms with Gasteiger partial charge in [0.2, 0.25) is 0 Å². The van der Waals surface area contributed by atoms with E-state index < -0.39 is 5.60 Å². The first-order valence-electron chi connectivity index (χ1n) is 8.32. The maximum atomic E-state index is 10.7. The van der Waals surface area contributed by atoms with Gasteiger partial charge in [0.05, 0.1) is 29.4 Å². The Morgan fingerprint density at radius 2 is 2.12 bits per heavy atom. The number of para-hydroxylation sites is 2. The molecule has 1 aromatic carbocycles. The third kappa shape index (κ3) is 2.50. The minimum Gasteiger partial charge on any atom is -0.466 e. The molecule has 0 fully saturated rings. The summed E-state index contributed by atoms with van der Waals surface area (Å²) in [6.45, 7) is 3.82. The lowest BCUT2D eigenvalue weighted by molar-refractivity contribution is 0.0475. The van der Waals surface area contributed by atoms with Crippen molar-refractivity contribution < 1.29 is 9.52 Å². The van der Waals surface area contributed by atoms with Crippen molar-refractivity contribution in [1.82, 2.24) is 9.38 Å². The first kappa shape index (κ1) is 16.2. The summed E-state index contributed by atoms with van der Waals surface area (Å²) in [7, 11) is 0. The van der Waals surface area contributed by atoms with E-state index in [2.05, 4.69) is 16.4 Å². The van der Waals surface area contributed by atoms with E-state index in [1.807, 2.05) is 41.7 Å². The van der Waals surface area contributed by atoms with Crippen molar-refractivity contribution in [2.24, 2.45) is 0 Å². The van der Waals surface area contributed by atoms with Crippen molar-refractivity contribution >= 4 is 22.5 Å². The Labute approximate surface area is 150 Å². The van der Waals surface area contributed by atoms with Crippen LogP contribution < -0.4 is 5.32 Å². The quantitative estimate of drug-likeness (QED) is 0.590. The molecule has 0 aliphatic heterocycles. The fourth-order valence-electron chi connectivity index (χ4n) is 3.16. The van der Waals surface area contributed by atoms with Crippen molar-refractivity contribution in [1.29, 1.82) is 5.26 Å². The molecule has 0 aliphatic carbocycles. The van der Waals surface area contributed by atoms with Crippen LogP contribution in [0.2, 0.25) is 0 Å². The molecule has 6 heteroatoms. The van der Waals surface area contributed by atoms with Gasteiger partial charge in [0.15, 0.2) is 5.65 Å². The van der Waals surface area contributed by atoms with Gasteiger partial charge in [-0.25, -0.2) is 4.98 Å². The molecule has 0 saturated heterocycles. The van der Waals surface area contributed by atoms with Crippen LogP contribution >= 0.6 is 0 Å². The number of rotatable bonds is 4. The zero-order chi connectivity index (χ0) is 18.3. The minimum absolute atomic E-state index is 0.244. The number of aromatic nitrogens is 2. The summed E-state index contributed by atoms with van der Waals surface area (Å²) in [6.07, 6.45) is 1.54. The molecule has 0 spiro atoms. The Bertz CT molecular complexity index is 1130. The number of nitrogens with one attached hydrogen (secondary N) is 1. The fraction of sp³-hybridized carbons (Fsp3) is 0.200. The molecule has 3 heterocycles. The summed E-state index contributed by atoms with van der Waals surface area (Å²) in [5.41, 5.74) is 2.53. The Kier molecular flexibility index (Phi) is 3.67. The van der Waals surface area contributed by atoms with Gasteiger partial charge >= 0.3 is 0 Å². The molecule has 0 aliphatic rings. The highest BCUT2D eigenvalue weighted by molar-refractivity contribution is 5.85. The van der Waals surface area contributed by atoms with Gasteiger partial charge in [-0.1, -0.05) is 12.1 Å². The van der Waals surface area contributed by atoms with Gasteiger partial charge in [0.25, 0.3) is 0 Å². The normalized spacial score (nSPS) is 13.6. The van der Waals surface area contributed by atoms with E-state index in [0.29, 0.717) is 17.0 Å². The van der Waals surface area contributed by atoms with Gasteiger partial charge in [-0.15, -0.1) is 0 Å². The number of aryl methyl sites for hydroxylation is 1. The number of hydrogen-bond donors (Lipinski definition) is 2. The van der Waals surface area contributed by atoms with Crippen molar-refractivity contribution in [3.63, 3.8) is 0 Å². The highest BCUT2D eigenvalue weighted by atomic mass is 16.4. The summed E-state index contributed by atoms with van der Waals surface area (Å²) < 4.78 is 7.25. The SMILES string of the molecule is Cc1cc(NCC(C)(O)c2ccco2)n2c(nc3ccccc32)c1C#N. The van der Waals surface area contributed by atoms with Crippen LogP contribution in [0.25, 0.3) is 16.7 Å². The third-order valence-electron chi connectivity index (χ3n) is 4.55. The van der Waals surface area contributed by atoms with E-state index in [-0.39, 0.29) is 6.54 Å². The summed E-state index contributed by atoms with van der Waals surface area (Å²) in [6, 6.07) is 15.4. The molecule has 0 radical (unpaired) electrons. The van der Waals surface area contributed by atoms with Crippen molar-refractivity contribution in [3.05, 3.63) is 65.6 Å². The average Bonchev–Trinajstić information content (AvgIpc) is 3.28. The third-order valence-corrected chi connectivity index (χ3v) is 4.55. The van der Waals surface area contributed by atoms with Crippen LogP contribution in [0.4, 0.5) is 5.82 Å². The second-order valence-corrected chi connectivity index (χ2v) is 6.56. The van der Waals surface area contributed by atoms with Crippen LogP contribution in [0.1, 0.15) is 23.8 Å². The molecule has 26 heavy (non-hydrogen) atoms. The molecule has 4 rings (SSSR count). The fourth-order valence-corrected chi connectivity index (χ4v) is 3.16.